The SMILES string of the molecule is Cc1ccc(C(N)C(=O)NCC(c2cccc(F)c2)N(C)C)cc1.Cl.Cl. The Bertz CT molecular complexity index is 695. The summed E-state index contributed by atoms with van der Waals surface area (Å²) >= 11 is 0. The Labute approximate surface area is 166 Å². The van der Waals surface area contributed by atoms with E-state index in [2.05, 4.69) is 5.32 Å². The molecule has 3 N–H and O–H groups in total. The minimum atomic E-state index is -0.721. The summed E-state index contributed by atoms with van der Waals surface area (Å²) in [7, 11) is 3.78. The predicted molar refractivity (Wildman–Crippen MR) is 108 cm³/mol. The van der Waals surface area contributed by atoms with Crippen LogP contribution in [-0.2, 0) is 4.79 Å². The lowest BCUT2D eigenvalue weighted by molar-refractivity contribution is -0.122. The molecule has 7 heteroatoms. The molecule has 0 fully saturated rings. The second kappa shape index (κ2) is 11.1. The van der Waals surface area contributed by atoms with Gasteiger partial charge in [0, 0.05) is 6.54 Å². The Morgan fingerprint density at radius 2 is 1.73 bits per heavy atom. The van der Waals surface area contributed by atoms with Crippen LogP contribution in [0.5, 0.6) is 0 Å². The van der Waals surface area contributed by atoms with Crippen molar-refractivity contribution in [2.45, 2.75) is 19.0 Å². The summed E-state index contributed by atoms with van der Waals surface area (Å²) in [6.45, 7) is 2.34. The number of likely N-dealkylation sites (N-methyl/N-ethyl adjacent to an activating group) is 1. The fraction of sp³-hybridized carbons (Fsp3) is 0.316. The van der Waals surface area contributed by atoms with Crippen LogP contribution in [0.2, 0.25) is 0 Å². The maximum atomic E-state index is 13.4. The van der Waals surface area contributed by atoms with Crippen molar-refractivity contribution in [1.29, 1.82) is 0 Å². The van der Waals surface area contributed by atoms with E-state index >= 15 is 0 Å². The van der Waals surface area contributed by atoms with Gasteiger partial charge in [-0.15, -0.1) is 24.8 Å². The second-order valence-electron chi connectivity index (χ2n) is 6.17. The first-order valence-corrected chi connectivity index (χ1v) is 7.90. The summed E-state index contributed by atoms with van der Waals surface area (Å²) in [5.41, 5.74) is 8.72. The van der Waals surface area contributed by atoms with Gasteiger partial charge in [0.05, 0.1) is 6.04 Å². The van der Waals surface area contributed by atoms with Crippen LogP contribution in [0.4, 0.5) is 4.39 Å². The average molecular weight is 402 g/mol. The van der Waals surface area contributed by atoms with Crippen molar-refractivity contribution in [1.82, 2.24) is 10.2 Å². The number of halogens is 3. The molecule has 0 spiro atoms. The number of carbonyl (C=O) groups excluding carboxylic acids is 1. The van der Waals surface area contributed by atoms with Gasteiger partial charge in [-0.1, -0.05) is 42.0 Å². The molecule has 1 amide bonds. The number of rotatable bonds is 6. The number of carbonyl (C=O) groups is 1. The molecule has 0 radical (unpaired) electrons. The van der Waals surface area contributed by atoms with Crippen molar-refractivity contribution < 1.29 is 9.18 Å². The molecule has 0 saturated carbocycles. The molecule has 2 atom stereocenters. The fourth-order valence-corrected chi connectivity index (χ4v) is 2.54. The van der Waals surface area contributed by atoms with Gasteiger partial charge in [-0.05, 0) is 44.3 Å². The molecule has 0 aromatic heterocycles. The molecule has 0 heterocycles. The van der Waals surface area contributed by atoms with Crippen molar-refractivity contribution >= 4 is 30.7 Å². The van der Waals surface area contributed by atoms with Gasteiger partial charge in [0.1, 0.15) is 11.9 Å². The fourth-order valence-electron chi connectivity index (χ4n) is 2.54. The van der Waals surface area contributed by atoms with Gasteiger partial charge in [-0.25, -0.2) is 4.39 Å². The highest BCUT2D eigenvalue weighted by molar-refractivity contribution is 5.85. The van der Waals surface area contributed by atoms with Crippen molar-refractivity contribution in [3.05, 3.63) is 71.0 Å². The number of nitrogens with one attached hydrogen (secondary N) is 1. The summed E-state index contributed by atoms with van der Waals surface area (Å²) in [5.74, 6) is -0.538. The monoisotopic (exact) mass is 401 g/mol. The van der Waals surface area contributed by atoms with Gasteiger partial charge < -0.3 is 16.0 Å². The molecule has 0 saturated heterocycles. The maximum Gasteiger partial charge on any atom is 0.241 e. The van der Waals surface area contributed by atoms with Crippen molar-refractivity contribution in [2.24, 2.45) is 5.73 Å². The van der Waals surface area contributed by atoms with Crippen LogP contribution in [0.1, 0.15) is 28.8 Å². The molecule has 0 aliphatic rings. The maximum absolute atomic E-state index is 13.4. The number of aryl methyl sites for hydroxylation is 1. The molecule has 0 bridgehead atoms. The van der Waals surface area contributed by atoms with Crippen LogP contribution >= 0.6 is 24.8 Å². The molecule has 4 nitrogen and oxygen atoms in total. The van der Waals surface area contributed by atoms with Crippen molar-refractivity contribution in [3.8, 4) is 0 Å². The number of hydrogen-bond acceptors (Lipinski definition) is 3. The largest absolute Gasteiger partial charge is 0.353 e. The molecule has 2 rings (SSSR count). The van der Waals surface area contributed by atoms with E-state index in [-0.39, 0.29) is 42.6 Å². The molecule has 26 heavy (non-hydrogen) atoms. The van der Waals surface area contributed by atoms with Gasteiger partial charge in [-0.2, -0.15) is 0 Å². The smallest absolute Gasteiger partial charge is 0.241 e. The molecule has 144 valence electrons. The van der Waals surface area contributed by atoms with E-state index in [4.69, 9.17) is 5.73 Å². The van der Waals surface area contributed by atoms with Crippen LogP contribution < -0.4 is 11.1 Å². The molecule has 0 aliphatic carbocycles. The van der Waals surface area contributed by atoms with E-state index in [1.807, 2.05) is 56.3 Å². The first-order valence-electron chi connectivity index (χ1n) is 7.90. The van der Waals surface area contributed by atoms with Gasteiger partial charge >= 0.3 is 0 Å². The first-order chi connectivity index (χ1) is 11.4. The van der Waals surface area contributed by atoms with Crippen LogP contribution in [-0.4, -0.2) is 31.4 Å². The number of amides is 1. The van der Waals surface area contributed by atoms with Crippen LogP contribution in [0.15, 0.2) is 48.5 Å². The van der Waals surface area contributed by atoms with E-state index < -0.39 is 6.04 Å². The van der Waals surface area contributed by atoms with Gasteiger partial charge in [-0.3, -0.25) is 4.79 Å². The predicted octanol–water partition coefficient (Wildman–Crippen LogP) is 3.40. The van der Waals surface area contributed by atoms with E-state index in [1.165, 1.54) is 12.1 Å². The first kappa shape index (κ1) is 24.3. The topological polar surface area (TPSA) is 58.4 Å². The van der Waals surface area contributed by atoms with E-state index in [0.717, 1.165) is 16.7 Å². The van der Waals surface area contributed by atoms with Gasteiger partial charge in [0.25, 0.3) is 0 Å². The number of nitrogens with zero attached hydrogens (tertiary/aromatic N) is 1. The van der Waals surface area contributed by atoms with Gasteiger partial charge in [0.15, 0.2) is 0 Å². The highest BCUT2D eigenvalue weighted by Gasteiger charge is 2.19. The summed E-state index contributed by atoms with van der Waals surface area (Å²) in [5, 5.41) is 2.87. The number of hydrogen-bond donors (Lipinski definition) is 2. The summed E-state index contributed by atoms with van der Waals surface area (Å²) < 4.78 is 13.4. The Hall–Kier alpha value is -1.66. The Kier molecular flexibility index (Phi) is 10.4. The third-order valence-electron chi connectivity index (χ3n) is 4.05. The Balaban J connectivity index is 0.00000312. The third-order valence-corrected chi connectivity index (χ3v) is 4.05. The standard InChI is InChI=1S/C19H24FN3O.2ClH/c1-13-7-9-14(10-8-13)18(21)19(24)22-12-17(23(2)3)15-5-4-6-16(20)11-15;;/h4-11,17-18H,12,21H2,1-3H3,(H,22,24);2*1H. The second-order valence-corrected chi connectivity index (χ2v) is 6.17. The molecule has 2 aromatic carbocycles. The lowest BCUT2D eigenvalue weighted by atomic mass is 10.0. The highest BCUT2D eigenvalue weighted by atomic mass is 35.5. The molecular formula is C19H26Cl2FN3O. The third kappa shape index (κ3) is 6.57. The van der Waals surface area contributed by atoms with Crippen LogP contribution in [0.3, 0.4) is 0 Å². The zero-order valence-electron chi connectivity index (χ0n) is 15.1. The Morgan fingerprint density at radius 3 is 2.27 bits per heavy atom. The quantitative estimate of drug-likeness (QED) is 0.779. The lowest BCUT2D eigenvalue weighted by Crippen LogP contribution is -2.39. The molecular weight excluding hydrogens is 376 g/mol. The van der Waals surface area contributed by atoms with Gasteiger partial charge in [0.2, 0.25) is 5.91 Å². The lowest BCUT2D eigenvalue weighted by Gasteiger charge is -2.26. The average Bonchev–Trinajstić information content (AvgIpc) is 2.54. The van der Waals surface area contributed by atoms with E-state index in [0.29, 0.717) is 6.54 Å². The summed E-state index contributed by atoms with van der Waals surface area (Å²) in [4.78, 5) is 14.3. The Morgan fingerprint density at radius 1 is 1.12 bits per heavy atom. The number of nitrogens with two attached hydrogens (primary N) is 1. The summed E-state index contributed by atoms with van der Waals surface area (Å²) in [6, 6.07) is 13.1. The minimum Gasteiger partial charge on any atom is -0.353 e. The summed E-state index contributed by atoms with van der Waals surface area (Å²) in [6.07, 6.45) is 0. The van der Waals surface area contributed by atoms with Crippen LogP contribution in [0.25, 0.3) is 0 Å². The van der Waals surface area contributed by atoms with E-state index in [1.54, 1.807) is 6.07 Å². The van der Waals surface area contributed by atoms with Crippen molar-refractivity contribution in [3.63, 3.8) is 0 Å². The highest BCUT2D eigenvalue weighted by Crippen LogP contribution is 2.19. The zero-order chi connectivity index (χ0) is 17.7. The molecule has 0 aliphatic heterocycles. The minimum absolute atomic E-state index is 0. The van der Waals surface area contributed by atoms with Crippen molar-refractivity contribution in [2.75, 3.05) is 20.6 Å². The molecule has 2 aromatic rings. The van der Waals surface area contributed by atoms with E-state index in [9.17, 15) is 9.18 Å². The number of benzene rings is 2. The normalized spacial score (nSPS) is 12.5. The zero-order valence-corrected chi connectivity index (χ0v) is 16.7. The molecule has 2 unspecified atom stereocenters. The van der Waals surface area contributed by atoms with Crippen LogP contribution in [0, 0.1) is 12.7 Å².